The van der Waals surface area contributed by atoms with Crippen LogP contribution in [0.15, 0.2) is 30.5 Å². The quantitative estimate of drug-likeness (QED) is 0.530. The molecule has 0 bridgehead atoms. The first-order valence-electron chi connectivity index (χ1n) is 9.93. The number of thiocarbonyl (C=S) groups is 1. The van der Waals surface area contributed by atoms with E-state index in [1.54, 1.807) is 12.3 Å². The van der Waals surface area contributed by atoms with Gasteiger partial charge in [-0.15, -0.1) is 5.10 Å². The first kappa shape index (κ1) is 20.0. The van der Waals surface area contributed by atoms with Gasteiger partial charge in [-0.2, -0.15) is 4.39 Å². The molecule has 3 heterocycles. The molecule has 3 atom stereocenters. The van der Waals surface area contributed by atoms with Gasteiger partial charge in [-0.25, -0.2) is 18.3 Å². The molecule has 5 rings (SSSR count). The molecule has 2 aliphatic rings. The van der Waals surface area contributed by atoms with Crippen LogP contribution in [-0.2, 0) is 0 Å². The largest absolute Gasteiger partial charge is 0.391 e. The number of nitrogens with zero attached hydrogens (tertiary/aromatic N) is 4. The van der Waals surface area contributed by atoms with E-state index in [2.05, 4.69) is 20.7 Å². The number of hydrogen-bond donors (Lipinski definition) is 3. The Morgan fingerprint density at radius 2 is 2.03 bits per heavy atom. The predicted molar refractivity (Wildman–Crippen MR) is 112 cm³/mol. The molecule has 0 unspecified atom stereocenters. The second kappa shape index (κ2) is 7.65. The van der Waals surface area contributed by atoms with Crippen LogP contribution in [0, 0.1) is 17.6 Å². The Bertz CT molecular complexity index is 1170. The van der Waals surface area contributed by atoms with Gasteiger partial charge in [0.15, 0.2) is 10.8 Å². The zero-order chi connectivity index (χ0) is 21.7. The Labute approximate surface area is 180 Å². The highest BCUT2D eigenvalue weighted by Crippen LogP contribution is 2.37. The molecule has 1 aliphatic carbocycles. The summed E-state index contributed by atoms with van der Waals surface area (Å²) in [5, 5.41) is 19.1. The summed E-state index contributed by atoms with van der Waals surface area (Å²) < 4.78 is 43.9. The van der Waals surface area contributed by atoms with E-state index >= 15 is 0 Å². The number of aromatic nitrogens is 3. The van der Waals surface area contributed by atoms with E-state index in [-0.39, 0.29) is 34.1 Å². The molecule has 11 heteroatoms. The Hall–Kier alpha value is -2.92. The third kappa shape index (κ3) is 3.79. The summed E-state index contributed by atoms with van der Waals surface area (Å²) in [5.74, 6) is -1.26. The van der Waals surface area contributed by atoms with Gasteiger partial charge in [0.2, 0.25) is 0 Å². The van der Waals surface area contributed by atoms with Crippen LogP contribution in [0.2, 0.25) is 0 Å². The molecular weight excluding hydrogens is 429 g/mol. The summed E-state index contributed by atoms with van der Waals surface area (Å²) in [7, 11) is 0. The summed E-state index contributed by atoms with van der Waals surface area (Å²) >= 11 is 5.19. The number of hydrogen-bond acceptors (Lipinski definition) is 5. The number of fused-ring (bicyclic) bond motifs is 1. The number of halogens is 3. The molecule has 0 radical (unpaired) electrons. The molecule has 0 spiro atoms. The molecule has 1 saturated carbocycles. The molecule has 3 aromatic rings. The van der Waals surface area contributed by atoms with Gasteiger partial charge in [0.05, 0.1) is 18.2 Å². The smallest absolute Gasteiger partial charge is 0.258 e. The van der Waals surface area contributed by atoms with Crippen LogP contribution in [0.3, 0.4) is 0 Å². The standard InChI is InChI=1S/C20H19F3N6OS/c21-10-3-4-12(22)11(8-10)14-2-1-6-28(14)16-5-7-29-19(25-16)17(18(23)27-29)26-20(31)24-13-9-15(13)30/h3-5,7-8,13-15,30H,1-2,6,9H2,(H2,24,26,31)/t13-,14-,15-/m1/s1. The SMILES string of the molecule is O[C@@H]1C[C@H]1NC(=S)Nc1c(F)nn2ccc(N3CCC[C@@H]3c3cc(F)ccc3F)nc12. The van der Waals surface area contributed by atoms with Gasteiger partial charge in [-0.1, -0.05) is 0 Å². The van der Waals surface area contributed by atoms with Crippen molar-refractivity contribution in [3.8, 4) is 0 Å². The number of nitrogens with one attached hydrogen (secondary N) is 2. The minimum Gasteiger partial charge on any atom is -0.391 e. The van der Waals surface area contributed by atoms with Crippen LogP contribution in [0.4, 0.5) is 24.7 Å². The molecular formula is C20H19F3N6OS. The molecule has 2 aromatic heterocycles. The van der Waals surface area contributed by atoms with Crippen molar-refractivity contribution in [2.24, 2.45) is 0 Å². The van der Waals surface area contributed by atoms with Crippen molar-refractivity contribution < 1.29 is 18.3 Å². The fourth-order valence-corrected chi connectivity index (χ4v) is 4.20. The number of anilines is 2. The van der Waals surface area contributed by atoms with Crippen LogP contribution >= 0.6 is 12.2 Å². The summed E-state index contributed by atoms with van der Waals surface area (Å²) in [6, 6.07) is 4.55. The lowest BCUT2D eigenvalue weighted by Crippen LogP contribution is -2.32. The van der Waals surface area contributed by atoms with E-state index in [9.17, 15) is 18.3 Å². The third-order valence-electron chi connectivity index (χ3n) is 5.60. The number of aliphatic hydroxyl groups excluding tert-OH is 1. The maximum atomic E-state index is 14.5. The Balaban J connectivity index is 1.46. The van der Waals surface area contributed by atoms with Crippen LogP contribution in [0.5, 0.6) is 0 Å². The van der Waals surface area contributed by atoms with E-state index in [0.717, 1.165) is 18.6 Å². The van der Waals surface area contributed by atoms with E-state index < -0.39 is 23.7 Å². The van der Waals surface area contributed by atoms with Crippen molar-refractivity contribution >= 4 is 34.5 Å². The Morgan fingerprint density at radius 1 is 1.23 bits per heavy atom. The predicted octanol–water partition coefficient (Wildman–Crippen LogP) is 2.91. The van der Waals surface area contributed by atoms with Gasteiger partial charge in [0, 0.05) is 18.3 Å². The first-order valence-corrected chi connectivity index (χ1v) is 10.3. The number of benzene rings is 1. The summed E-state index contributed by atoms with van der Waals surface area (Å²) in [5.41, 5.74) is 0.480. The monoisotopic (exact) mass is 448 g/mol. The van der Waals surface area contributed by atoms with Crippen molar-refractivity contribution in [2.75, 3.05) is 16.8 Å². The third-order valence-corrected chi connectivity index (χ3v) is 5.82. The molecule has 2 fully saturated rings. The van der Waals surface area contributed by atoms with Gasteiger partial charge in [0.25, 0.3) is 5.95 Å². The molecule has 1 aromatic carbocycles. The summed E-state index contributed by atoms with van der Waals surface area (Å²) in [4.78, 5) is 6.42. The maximum Gasteiger partial charge on any atom is 0.258 e. The van der Waals surface area contributed by atoms with Crippen molar-refractivity contribution in [1.82, 2.24) is 19.9 Å². The molecule has 0 amide bonds. The highest BCUT2D eigenvalue weighted by Gasteiger charge is 2.36. The van der Waals surface area contributed by atoms with Crippen LogP contribution in [0.1, 0.15) is 30.9 Å². The lowest BCUT2D eigenvalue weighted by molar-refractivity contribution is 0.269. The number of aliphatic hydroxyl groups is 1. The fourth-order valence-electron chi connectivity index (χ4n) is 3.95. The van der Waals surface area contributed by atoms with Crippen molar-refractivity contribution in [3.63, 3.8) is 0 Å². The van der Waals surface area contributed by atoms with Crippen LogP contribution in [0.25, 0.3) is 5.65 Å². The molecule has 7 nitrogen and oxygen atoms in total. The van der Waals surface area contributed by atoms with E-state index in [4.69, 9.17) is 12.2 Å². The van der Waals surface area contributed by atoms with E-state index in [0.29, 0.717) is 25.2 Å². The lowest BCUT2D eigenvalue weighted by Gasteiger charge is -2.26. The molecule has 31 heavy (non-hydrogen) atoms. The van der Waals surface area contributed by atoms with E-state index in [1.807, 2.05) is 4.90 Å². The zero-order valence-corrected chi connectivity index (χ0v) is 17.0. The van der Waals surface area contributed by atoms with Gasteiger partial charge < -0.3 is 20.6 Å². The highest BCUT2D eigenvalue weighted by molar-refractivity contribution is 7.80. The lowest BCUT2D eigenvalue weighted by atomic mass is 10.0. The fraction of sp³-hybridized carbons (Fsp3) is 0.350. The average molecular weight is 448 g/mol. The van der Waals surface area contributed by atoms with Crippen molar-refractivity contribution in [2.45, 2.75) is 37.5 Å². The van der Waals surface area contributed by atoms with Gasteiger partial charge in [-0.05, 0) is 55.7 Å². The minimum atomic E-state index is -0.778. The zero-order valence-electron chi connectivity index (χ0n) is 16.2. The maximum absolute atomic E-state index is 14.5. The van der Waals surface area contributed by atoms with Gasteiger partial charge in [-0.3, -0.25) is 0 Å². The topological polar surface area (TPSA) is 77.7 Å². The highest BCUT2D eigenvalue weighted by atomic mass is 32.1. The van der Waals surface area contributed by atoms with Crippen LogP contribution < -0.4 is 15.5 Å². The molecule has 1 saturated heterocycles. The van der Waals surface area contributed by atoms with Crippen LogP contribution in [-0.4, -0.2) is 43.5 Å². The van der Waals surface area contributed by atoms with Crippen molar-refractivity contribution in [1.29, 1.82) is 0 Å². The second-order valence-electron chi connectivity index (χ2n) is 7.74. The Kier molecular flexibility index (Phi) is 4.94. The van der Waals surface area contributed by atoms with Gasteiger partial charge >= 0.3 is 0 Å². The molecule has 3 N–H and O–H groups in total. The summed E-state index contributed by atoms with van der Waals surface area (Å²) in [6.07, 6.45) is 3.10. The number of rotatable bonds is 4. The summed E-state index contributed by atoms with van der Waals surface area (Å²) in [6.45, 7) is 0.600. The molecule has 162 valence electrons. The van der Waals surface area contributed by atoms with E-state index in [1.165, 1.54) is 10.6 Å². The molecule has 1 aliphatic heterocycles. The second-order valence-corrected chi connectivity index (χ2v) is 8.15. The normalized spacial score (nSPS) is 22.7. The Morgan fingerprint density at radius 3 is 2.81 bits per heavy atom. The van der Waals surface area contributed by atoms with Crippen molar-refractivity contribution in [3.05, 3.63) is 53.6 Å². The average Bonchev–Trinajstić information content (AvgIpc) is 3.13. The van der Waals surface area contributed by atoms with Gasteiger partial charge in [0.1, 0.15) is 23.1 Å². The minimum absolute atomic E-state index is 0.00201. The first-order chi connectivity index (χ1) is 14.9.